The summed E-state index contributed by atoms with van der Waals surface area (Å²) in [5, 5.41) is 72.2. The minimum absolute atomic E-state index is 0.0955. The summed E-state index contributed by atoms with van der Waals surface area (Å²) in [5.41, 5.74) is 0. The number of carbonyl (C=O) groups excluding carboxylic acids is 2. The number of allylic oxidation sites excluding steroid dienone is 6. The molecule has 0 spiro atoms. The van der Waals surface area contributed by atoms with Crippen molar-refractivity contribution < 1.29 is 73.8 Å². The summed E-state index contributed by atoms with van der Waals surface area (Å²) in [6, 6.07) is 0. The predicted molar refractivity (Wildman–Crippen MR) is 284 cm³/mol. The Morgan fingerprint density at radius 3 is 1.33 bits per heavy atom. The number of unbranched alkanes of at least 4 members (excludes halogenated alkanes) is 26. The van der Waals surface area contributed by atoms with E-state index < -0.39 is 99.3 Å². The molecule has 2 aliphatic heterocycles. The monoisotopic (exact) mass is 1040 g/mol. The van der Waals surface area contributed by atoms with Gasteiger partial charge in [0, 0.05) is 12.8 Å². The van der Waals surface area contributed by atoms with Gasteiger partial charge in [0.25, 0.3) is 0 Å². The molecule has 2 rings (SSSR count). The van der Waals surface area contributed by atoms with Gasteiger partial charge in [-0.1, -0.05) is 204 Å². The minimum Gasteiger partial charge on any atom is -0.462 e. The quantitative estimate of drug-likeness (QED) is 0.0171. The summed E-state index contributed by atoms with van der Waals surface area (Å²) in [6.45, 7) is 2.57. The van der Waals surface area contributed by atoms with Crippen molar-refractivity contribution in [3.63, 3.8) is 0 Å². The van der Waals surface area contributed by atoms with Crippen LogP contribution >= 0.6 is 0 Å². The van der Waals surface area contributed by atoms with E-state index in [1.54, 1.807) is 0 Å². The lowest BCUT2D eigenvalue weighted by molar-refractivity contribution is -0.332. The van der Waals surface area contributed by atoms with Gasteiger partial charge in [0.05, 0.1) is 19.8 Å². The van der Waals surface area contributed by atoms with Gasteiger partial charge in [-0.2, -0.15) is 0 Å². The van der Waals surface area contributed by atoms with Gasteiger partial charge in [0.2, 0.25) is 0 Å². The fourth-order valence-electron chi connectivity index (χ4n) is 9.12. The Morgan fingerprint density at radius 1 is 0.438 bits per heavy atom. The average Bonchev–Trinajstić information content (AvgIpc) is 3.38. The maximum atomic E-state index is 13.0. The largest absolute Gasteiger partial charge is 0.462 e. The lowest BCUT2D eigenvalue weighted by Gasteiger charge is -2.42. The fourth-order valence-corrected chi connectivity index (χ4v) is 9.12. The molecule has 0 aliphatic carbocycles. The van der Waals surface area contributed by atoms with Crippen LogP contribution in [0.15, 0.2) is 36.5 Å². The van der Waals surface area contributed by atoms with Crippen LogP contribution in [0.3, 0.4) is 0 Å². The van der Waals surface area contributed by atoms with Gasteiger partial charge in [-0.15, -0.1) is 0 Å². The van der Waals surface area contributed by atoms with Crippen LogP contribution in [0.1, 0.15) is 226 Å². The molecule has 0 radical (unpaired) electrons. The number of aliphatic hydroxyl groups is 7. The summed E-state index contributed by atoms with van der Waals surface area (Å²) in [4.78, 5) is 25.9. The molecular weight excluding hydrogens is 937 g/mol. The molecule has 11 atom stereocenters. The second kappa shape index (κ2) is 44.8. The molecule has 0 aromatic rings. The molecule has 4 unspecified atom stereocenters. The highest BCUT2D eigenvalue weighted by Gasteiger charge is 2.47. The maximum absolute atomic E-state index is 13.0. The van der Waals surface area contributed by atoms with Crippen molar-refractivity contribution in [2.45, 2.75) is 293 Å². The van der Waals surface area contributed by atoms with Gasteiger partial charge in [-0.25, -0.2) is 0 Å². The van der Waals surface area contributed by atoms with Crippen molar-refractivity contribution in [1.29, 1.82) is 0 Å². The number of hydrogen-bond donors (Lipinski definition) is 7. The van der Waals surface area contributed by atoms with E-state index in [-0.39, 0.29) is 19.4 Å². The molecule has 0 aromatic heterocycles. The molecule has 73 heavy (non-hydrogen) atoms. The number of rotatable bonds is 46. The van der Waals surface area contributed by atoms with Crippen LogP contribution in [-0.2, 0) is 38.0 Å². The average molecular weight is 1040 g/mol. The van der Waals surface area contributed by atoms with Crippen molar-refractivity contribution in [3.8, 4) is 0 Å². The first kappa shape index (κ1) is 66.8. The third kappa shape index (κ3) is 32.2. The Bertz CT molecular complexity index is 1410. The summed E-state index contributed by atoms with van der Waals surface area (Å²) in [6.07, 6.45) is 33.2. The van der Waals surface area contributed by atoms with Crippen LogP contribution in [0.2, 0.25) is 0 Å². The second-order valence-electron chi connectivity index (χ2n) is 20.5. The van der Waals surface area contributed by atoms with Gasteiger partial charge in [-0.05, 0) is 44.9 Å². The van der Waals surface area contributed by atoms with E-state index >= 15 is 0 Å². The molecule has 2 heterocycles. The van der Waals surface area contributed by atoms with Crippen LogP contribution in [0.4, 0.5) is 0 Å². The Morgan fingerprint density at radius 2 is 0.836 bits per heavy atom. The fraction of sp³-hybridized carbons (Fsp3) is 0.862. The third-order valence-corrected chi connectivity index (χ3v) is 13.9. The standard InChI is InChI=1S/C58H104O15/c1-3-5-7-9-11-13-15-17-19-21-22-23-25-26-28-30-32-34-36-38-40-49(60)68-43-46(71-50(61)41-39-37-35-33-31-29-27-24-20-18-16-14-12-10-8-6-4-2)44-69-57-56(67)54(65)52(63)48(73-57)45-70-58-55(66)53(64)51(62)47(42-59)72-58/h18,20,27,29,33,35,46-48,51-59,62-67H,3-17,19,21-26,28,30-32,34,36-45H2,1-2H3/b20-18+,29-27+,35-33+/t46-,47+,48+,51-,52-,53?,54?,55?,56?,57+,58+/m0/s1. The van der Waals surface area contributed by atoms with E-state index in [1.165, 1.54) is 141 Å². The molecule has 0 amide bonds. The smallest absolute Gasteiger partial charge is 0.306 e. The van der Waals surface area contributed by atoms with E-state index in [9.17, 15) is 45.3 Å². The first-order chi connectivity index (χ1) is 35.5. The van der Waals surface area contributed by atoms with Gasteiger partial charge in [0.15, 0.2) is 18.7 Å². The SMILES string of the molecule is CCCCCCCC/C=C/C/C=C/C/C=C/CCCC(=O)O[C@@H](COC(=O)CCCCCCCCCCCCCCCCCCCCCC)CO[C@@H]1O[C@H](CO[C@@H]2O[C@H](CO)[C@H](O)C(O)C2O)[C@H](O)C(O)C1O. The van der Waals surface area contributed by atoms with Crippen LogP contribution in [0.25, 0.3) is 0 Å². The normalized spacial score (nSPS) is 25.1. The highest BCUT2D eigenvalue weighted by molar-refractivity contribution is 5.70. The van der Waals surface area contributed by atoms with E-state index in [2.05, 4.69) is 44.2 Å². The first-order valence-corrected chi connectivity index (χ1v) is 29.1. The van der Waals surface area contributed by atoms with Gasteiger partial charge in [-0.3, -0.25) is 9.59 Å². The van der Waals surface area contributed by atoms with Crippen molar-refractivity contribution in [2.75, 3.05) is 26.4 Å². The number of aliphatic hydroxyl groups excluding tert-OH is 7. The number of ether oxygens (including phenoxy) is 6. The Kier molecular flexibility index (Phi) is 41.0. The van der Waals surface area contributed by atoms with Crippen molar-refractivity contribution in [3.05, 3.63) is 36.5 Å². The summed E-state index contributed by atoms with van der Waals surface area (Å²) in [7, 11) is 0. The second-order valence-corrected chi connectivity index (χ2v) is 20.5. The zero-order valence-electron chi connectivity index (χ0n) is 45.4. The molecule has 7 N–H and O–H groups in total. The summed E-state index contributed by atoms with van der Waals surface area (Å²) in [5.74, 6) is -0.976. The van der Waals surface area contributed by atoms with E-state index in [0.717, 1.165) is 38.5 Å². The Hall–Kier alpha value is -2.28. The molecule has 2 saturated heterocycles. The molecule has 0 saturated carbocycles. The van der Waals surface area contributed by atoms with Crippen LogP contribution in [-0.4, -0.2) is 142 Å². The molecule has 426 valence electrons. The molecule has 15 nitrogen and oxygen atoms in total. The Labute approximate surface area is 440 Å². The van der Waals surface area contributed by atoms with E-state index in [1.807, 2.05) is 6.08 Å². The number of hydrogen-bond acceptors (Lipinski definition) is 15. The first-order valence-electron chi connectivity index (χ1n) is 29.1. The maximum Gasteiger partial charge on any atom is 0.306 e. The molecular formula is C58H104O15. The summed E-state index contributed by atoms with van der Waals surface area (Å²) < 4.78 is 33.6. The molecule has 2 aliphatic rings. The highest BCUT2D eigenvalue weighted by atomic mass is 16.7. The molecule has 15 heteroatoms. The summed E-state index contributed by atoms with van der Waals surface area (Å²) >= 11 is 0. The van der Waals surface area contributed by atoms with Gasteiger partial charge in [0.1, 0.15) is 55.4 Å². The Balaban J connectivity index is 1.77. The van der Waals surface area contributed by atoms with Crippen molar-refractivity contribution in [2.24, 2.45) is 0 Å². The van der Waals surface area contributed by atoms with E-state index in [0.29, 0.717) is 19.3 Å². The van der Waals surface area contributed by atoms with Gasteiger partial charge >= 0.3 is 11.9 Å². The molecule has 0 aromatic carbocycles. The van der Waals surface area contributed by atoms with Gasteiger partial charge < -0.3 is 64.2 Å². The zero-order chi connectivity index (χ0) is 53.2. The minimum atomic E-state index is -1.77. The van der Waals surface area contributed by atoms with Crippen LogP contribution < -0.4 is 0 Å². The number of carbonyl (C=O) groups is 2. The van der Waals surface area contributed by atoms with Crippen molar-refractivity contribution >= 4 is 11.9 Å². The van der Waals surface area contributed by atoms with Crippen molar-refractivity contribution in [1.82, 2.24) is 0 Å². The predicted octanol–water partition coefficient (Wildman–Crippen LogP) is 9.66. The van der Waals surface area contributed by atoms with E-state index in [4.69, 9.17) is 28.4 Å². The van der Waals surface area contributed by atoms with Crippen LogP contribution in [0, 0.1) is 0 Å². The zero-order valence-corrected chi connectivity index (χ0v) is 45.4. The lowest BCUT2D eigenvalue weighted by atomic mass is 9.98. The number of esters is 2. The van der Waals surface area contributed by atoms with Crippen LogP contribution in [0.5, 0.6) is 0 Å². The molecule has 0 bridgehead atoms. The topological polar surface area (TPSA) is 231 Å². The third-order valence-electron chi connectivity index (χ3n) is 13.9. The highest BCUT2D eigenvalue weighted by Crippen LogP contribution is 2.27. The molecule has 2 fully saturated rings. The lowest BCUT2D eigenvalue weighted by Crippen LogP contribution is -2.61.